The standard InChI is InChI=1S/C75H104N2O2S2/c1-11-15-19-23-25-27-29-31-33-35-39-54-51-76-67(65-66(72(76)79)68-70-60(50-64(81-70)74(8,9)10)55(52-77(68)71(65)78)40-36-34-32-30-28-26-24-20-16-12-2)69-59(54)49-63(80-69)53-41-43-57-58-44-42-56(73(5,6)7)48-62(58)75(61(57)47-53,45-37-21-17-13-3)46-38-22-18-14-4/h41-44,47-52H,11-40,45-46H2,1-10H3. The molecule has 6 heterocycles. The molecule has 4 nitrogen and oxygen atoms in total. The van der Waals surface area contributed by atoms with Crippen molar-refractivity contribution in [1.29, 1.82) is 0 Å². The number of rotatable bonds is 33. The molecule has 0 saturated carbocycles. The summed E-state index contributed by atoms with van der Waals surface area (Å²) < 4.78 is 0. The molecule has 5 aliphatic rings. The number of nitrogens with zero attached hydrogens (tertiary/aromatic N) is 2. The number of benzene rings is 2. The van der Waals surface area contributed by atoms with E-state index in [-0.39, 0.29) is 28.1 Å². The normalized spacial score (nSPS) is 16.0. The summed E-state index contributed by atoms with van der Waals surface area (Å²) in [7, 11) is 0. The Morgan fingerprint density at radius 1 is 0.420 bits per heavy atom. The molecule has 0 saturated heterocycles. The second-order valence-electron chi connectivity index (χ2n) is 27.4. The minimum atomic E-state index is -0.0601. The van der Waals surface area contributed by atoms with E-state index in [0.717, 1.165) is 46.8 Å². The number of allylic oxidation sites excluding steroid dienone is 2. The maximum absolute atomic E-state index is 15.5. The van der Waals surface area contributed by atoms with E-state index >= 15 is 9.59 Å². The molecule has 6 heteroatoms. The molecule has 2 aromatic heterocycles. The Bertz CT molecular complexity index is 2960. The highest BCUT2D eigenvalue weighted by Crippen LogP contribution is 2.59. The first-order chi connectivity index (χ1) is 39.2. The zero-order valence-corrected chi connectivity index (χ0v) is 54.1. The first-order valence-electron chi connectivity index (χ1n) is 33.3. The lowest BCUT2D eigenvalue weighted by Crippen LogP contribution is -2.27. The molecule has 2 aromatic carbocycles. The van der Waals surface area contributed by atoms with Crippen LogP contribution in [-0.2, 0) is 25.8 Å². The summed E-state index contributed by atoms with van der Waals surface area (Å²) in [6.45, 7) is 23.2. The third-order valence-electron chi connectivity index (χ3n) is 19.0. The van der Waals surface area contributed by atoms with E-state index in [2.05, 4.69) is 130 Å². The van der Waals surface area contributed by atoms with Crippen LogP contribution < -0.4 is 0 Å². The van der Waals surface area contributed by atoms with E-state index in [1.807, 2.05) is 21.1 Å². The second kappa shape index (κ2) is 27.6. The van der Waals surface area contributed by atoms with Gasteiger partial charge in [0.1, 0.15) is 0 Å². The second-order valence-corrected chi connectivity index (χ2v) is 29.5. The van der Waals surface area contributed by atoms with Gasteiger partial charge in [-0.05, 0) is 123 Å². The first-order valence-corrected chi connectivity index (χ1v) is 35.0. The molecule has 0 bridgehead atoms. The molecule has 0 atom stereocenters. The zero-order chi connectivity index (χ0) is 57.3. The summed E-state index contributed by atoms with van der Waals surface area (Å²) in [5.41, 5.74) is 16.3. The lowest BCUT2D eigenvalue weighted by atomic mass is 9.69. The number of unbranched alkanes of at least 4 members (excludes halogenated alkanes) is 24. The molecule has 0 spiro atoms. The van der Waals surface area contributed by atoms with Crippen LogP contribution in [0.25, 0.3) is 44.1 Å². The smallest absolute Gasteiger partial charge is 0.265 e. The lowest BCUT2D eigenvalue weighted by molar-refractivity contribution is -0.122. The van der Waals surface area contributed by atoms with Gasteiger partial charge in [0.2, 0.25) is 0 Å². The number of thiophene rings is 2. The van der Waals surface area contributed by atoms with Crippen LogP contribution in [0.4, 0.5) is 0 Å². The minimum Gasteiger partial charge on any atom is -0.281 e. The van der Waals surface area contributed by atoms with Gasteiger partial charge in [0.25, 0.3) is 11.8 Å². The van der Waals surface area contributed by atoms with Crippen molar-refractivity contribution in [2.24, 2.45) is 0 Å². The molecular formula is C75H104N2O2S2. The third kappa shape index (κ3) is 13.3. The van der Waals surface area contributed by atoms with Gasteiger partial charge >= 0.3 is 0 Å². The van der Waals surface area contributed by atoms with Crippen molar-refractivity contribution >= 4 is 57.0 Å². The Hall–Kier alpha value is -4.26. The van der Waals surface area contributed by atoms with Crippen LogP contribution in [-0.4, -0.2) is 21.6 Å². The van der Waals surface area contributed by atoms with Gasteiger partial charge in [-0.1, -0.05) is 267 Å². The fourth-order valence-electron chi connectivity index (χ4n) is 14.1. The quantitative estimate of drug-likeness (QED) is 0.0446. The molecule has 4 aromatic rings. The maximum Gasteiger partial charge on any atom is 0.265 e. The Balaban J connectivity index is 1.09. The van der Waals surface area contributed by atoms with Crippen molar-refractivity contribution in [2.45, 2.75) is 291 Å². The third-order valence-corrected chi connectivity index (χ3v) is 21.7. The summed E-state index contributed by atoms with van der Waals surface area (Å²) in [4.78, 5) is 39.5. The summed E-state index contributed by atoms with van der Waals surface area (Å²) >= 11 is 3.62. The Morgan fingerprint density at radius 2 is 0.827 bits per heavy atom. The molecule has 0 N–H and O–H groups in total. The van der Waals surface area contributed by atoms with Crippen LogP contribution >= 0.6 is 22.7 Å². The van der Waals surface area contributed by atoms with Gasteiger partial charge in [0.15, 0.2) is 0 Å². The zero-order valence-electron chi connectivity index (χ0n) is 52.4. The van der Waals surface area contributed by atoms with Gasteiger partial charge in [-0.3, -0.25) is 19.4 Å². The Kier molecular flexibility index (Phi) is 20.9. The minimum absolute atomic E-state index is 0.0453. The fraction of sp³-hybridized carbons (Fsp3) is 0.600. The molecule has 9 rings (SSSR count). The van der Waals surface area contributed by atoms with Crippen molar-refractivity contribution in [1.82, 2.24) is 9.80 Å². The highest BCUT2D eigenvalue weighted by molar-refractivity contribution is 7.17. The van der Waals surface area contributed by atoms with Gasteiger partial charge in [-0.2, -0.15) is 0 Å². The predicted molar refractivity (Wildman–Crippen MR) is 352 cm³/mol. The number of amides is 2. The van der Waals surface area contributed by atoms with Gasteiger partial charge in [0.05, 0.1) is 32.3 Å². The van der Waals surface area contributed by atoms with Crippen LogP contribution in [0.15, 0.2) is 72.1 Å². The molecule has 0 radical (unpaired) electrons. The molecule has 81 heavy (non-hydrogen) atoms. The van der Waals surface area contributed by atoms with Gasteiger partial charge in [-0.25, -0.2) is 0 Å². The molecule has 0 unspecified atom stereocenters. The van der Waals surface area contributed by atoms with Gasteiger partial charge in [0, 0.05) is 27.6 Å². The van der Waals surface area contributed by atoms with E-state index in [9.17, 15) is 0 Å². The first kappa shape index (κ1) is 61.3. The number of hydrogen-bond acceptors (Lipinski definition) is 4. The highest BCUT2D eigenvalue weighted by Gasteiger charge is 2.52. The number of carbonyl (C=O) groups is 2. The largest absolute Gasteiger partial charge is 0.281 e. The average molecular weight is 1130 g/mol. The van der Waals surface area contributed by atoms with E-state index in [1.165, 1.54) is 240 Å². The van der Waals surface area contributed by atoms with E-state index in [1.54, 1.807) is 16.9 Å². The summed E-state index contributed by atoms with van der Waals surface area (Å²) in [6, 6.07) is 19.8. The number of carbonyl (C=O) groups excluding carboxylic acids is 2. The molecular weight excluding hydrogens is 1020 g/mol. The number of hydrogen-bond donors (Lipinski definition) is 0. The van der Waals surface area contributed by atoms with Crippen molar-refractivity contribution in [3.63, 3.8) is 0 Å². The molecule has 4 aliphatic heterocycles. The SMILES string of the molecule is CCCCCCCCCCCCC1=CN2C(=O)C3=C4c5sc(C(C)(C)C)cc5C(CCCCCCCCCCCC)=CN4C(=O)C3=C2c2sc(-c3ccc4c(c3)C(CCCCCC)(CCCCCC)c3cc(C(C)(C)C)ccc3-4)cc21. The van der Waals surface area contributed by atoms with Crippen molar-refractivity contribution in [3.05, 3.63) is 115 Å². The average Bonchev–Trinajstić information content (AvgIpc) is 1.97. The van der Waals surface area contributed by atoms with Crippen molar-refractivity contribution in [2.75, 3.05) is 0 Å². The van der Waals surface area contributed by atoms with E-state index in [0.29, 0.717) is 11.1 Å². The molecule has 1 aliphatic carbocycles. The lowest BCUT2D eigenvalue weighted by Gasteiger charge is -2.34. The van der Waals surface area contributed by atoms with Crippen LogP contribution in [0, 0.1) is 0 Å². The number of fused-ring (bicyclic) bond motifs is 10. The van der Waals surface area contributed by atoms with Crippen LogP contribution in [0.3, 0.4) is 0 Å². The van der Waals surface area contributed by atoms with Crippen LogP contribution in [0.5, 0.6) is 0 Å². The summed E-state index contributed by atoms with van der Waals surface area (Å²) in [5.74, 6) is -0.0906. The summed E-state index contributed by atoms with van der Waals surface area (Å²) in [5, 5.41) is 0. The topological polar surface area (TPSA) is 40.6 Å². The molecule has 0 fully saturated rings. The Morgan fingerprint density at radius 3 is 1.28 bits per heavy atom. The van der Waals surface area contributed by atoms with E-state index < -0.39 is 0 Å². The van der Waals surface area contributed by atoms with Crippen LogP contribution in [0.2, 0.25) is 0 Å². The van der Waals surface area contributed by atoms with Gasteiger partial charge in [-0.15, -0.1) is 22.7 Å². The van der Waals surface area contributed by atoms with E-state index in [4.69, 9.17) is 0 Å². The highest BCUT2D eigenvalue weighted by atomic mass is 32.1. The maximum atomic E-state index is 15.5. The molecule has 438 valence electrons. The van der Waals surface area contributed by atoms with Gasteiger partial charge < -0.3 is 0 Å². The fourth-order valence-corrected chi connectivity index (χ4v) is 16.6. The molecule has 2 amide bonds. The van der Waals surface area contributed by atoms with Crippen molar-refractivity contribution in [3.8, 4) is 21.6 Å². The van der Waals surface area contributed by atoms with Crippen LogP contribution in [0.1, 0.15) is 317 Å². The monoisotopic (exact) mass is 1130 g/mol. The Labute approximate surface area is 500 Å². The predicted octanol–water partition coefficient (Wildman–Crippen LogP) is 23.4. The summed E-state index contributed by atoms with van der Waals surface area (Å²) in [6.07, 6.45) is 44.4. The van der Waals surface area contributed by atoms with Crippen molar-refractivity contribution < 1.29 is 9.59 Å².